The van der Waals surface area contributed by atoms with Crippen molar-refractivity contribution < 1.29 is 14.1 Å². The Kier molecular flexibility index (Phi) is 6.36. The molecule has 2 N–H and O–H groups in total. The highest BCUT2D eigenvalue weighted by Gasteiger charge is 2.19. The van der Waals surface area contributed by atoms with Gasteiger partial charge in [0.1, 0.15) is 6.04 Å². The predicted molar refractivity (Wildman–Crippen MR) is 89.0 cm³/mol. The fraction of sp³-hybridized carbons (Fsp3) is 0.500. The van der Waals surface area contributed by atoms with E-state index in [1.165, 1.54) is 6.92 Å². The zero-order chi connectivity index (χ0) is 17.5. The Labute approximate surface area is 143 Å². The molecule has 1 atom stereocenters. The standard InChI is InChI=1S/C14H20N6O3S/c1-9(21)17-11(4-5-24-3)14(22)15-7-12-18-13(19-23-12)10-6-16-20(2)8-10/h6,8,11H,4-5,7H2,1-3H3,(H,15,22)(H,17,21)/t11-/m1/s1. The maximum atomic E-state index is 12.2. The largest absolute Gasteiger partial charge is 0.345 e. The second kappa shape index (κ2) is 8.48. The second-order valence-corrected chi connectivity index (χ2v) is 6.15. The number of carbonyl (C=O) groups excluding carboxylic acids is 2. The lowest BCUT2D eigenvalue weighted by Gasteiger charge is -2.16. The SMILES string of the molecule is CSCC[C@@H](NC(C)=O)C(=O)NCc1nc(-c2cnn(C)c2)no1. The van der Waals surface area contributed by atoms with Crippen molar-refractivity contribution in [1.29, 1.82) is 0 Å². The number of hydrogen-bond acceptors (Lipinski definition) is 7. The van der Waals surface area contributed by atoms with Crippen LogP contribution in [0.2, 0.25) is 0 Å². The number of amides is 2. The highest BCUT2D eigenvalue weighted by molar-refractivity contribution is 7.98. The van der Waals surface area contributed by atoms with E-state index in [1.54, 1.807) is 35.9 Å². The molecule has 0 aliphatic rings. The van der Waals surface area contributed by atoms with E-state index in [1.807, 2.05) is 6.26 Å². The van der Waals surface area contributed by atoms with Gasteiger partial charge in [-0.25, -0.2) is 0 Å². The molecular weight excluding hydrogens is 332 g/mol. The third-order valence-corrected chi connectivity index (χ3v) is 3.79. The summed E-state index contributed by atoms with van der Waals surface area (Å²) < 4.78 is 6.75. The highest BCUT2D eigenvalue weighted by Crippen LogP contribution is 2.13. The molecule has 2 amide bonds. The lowest BCUT2D eigenvalue weighted by Crippen LogP contribution is -2.46. The number of nitrogens with one attached hydrogen (secondary N) is 2. The van der Waals surface area contributed by atoms with Crippen LogP contribution in [0.5, 0.6) is 0 Å². The van der Waals surface area contributed by atoms with Gasteiger partial charge in [0, 0.05) is 20.2 Å². The summed E-state index contributed by atoms with van der Waals surface area (Å²) >= 11 is 1.61. The molecule has 0 saturated heterocycles. The third-order valence-electron chi connectivity index (χ3n) is 3.15. The molecule has 0 unspecified atom stereocenters. The van der Waals surface area contributed by atoms with E-state index in [-0.39, 0.29) is 24.2 Å². The fourth-order valence-electron chi connectivity index (χ4n) is 2.02. The van der Waals surface area contributed by atoms with Crippen LogP contribution in [-0.4, -0.2) is 49.8 Å². The van der Waals surface area contributed by atoms with Crippen molar-refractivity contribution in [2.45, 2.75) is 25.9 Å². The van der Waals surface area contributed by atoms with Crippen LogP contribution in [0.3, 0.4) is 0 Å². The molecule has 0 bridgehead atoms. The van der Waals surface area contributed by atoms with Crippen LogP contribution in [-0.2, 0) is 23.2 Å². The molecule has 24 heavy (non-hydrogen) atoms. The van der Waals surface area contributed by atoms with Crippen LogP contribution >= 0.6 is 11.8 Å². The Morgan fingerprint density at radius 2 is 2.25 bits per heavy atom. The van der Waals surface area contributed by atoms with Gasteiger partial charge in [-0.2, -0.15) is 21.8 Å². The average molecular weight is 352 g/mol. The van der Waals surface area contributed by atoms with Crippen LogP contribution in [0.4, 0.5) is 0 Å². The topological polar surface area (TPSA) is 115 Å². The predicted octanol–water partition coefficient (Wildman–Crippen LogP) is 0.344. The minimum absolute atomic E-state index is 0.0987. The van der Waals surface area contributed by atoms with Gasteiger partial charge in [-0.05, 0) is 18.4 Å². The van der Waals surface area contributed by atoms with E-state index in [0.29, 0.717) is 12.2 Å². The van der Waals surface area contributed by atoms with Crippen LogP contribution < -0.4 is 10.6 Å². The third kappa shape index (κ3) is 5.08. The zero-order valence-corrected chi connectivity index (χ0v) is 14.6. The van der Waals surface area contributed by atoms with Gasteiger partial charge >= 0.3 is 0 Å². The Hall–Kier alpha value is -2.36. The lowest BCUT2D eigenvalue weighted by molar-refractivity contribution is -0.128. The molecule has 0 spiro atoms. The van der Waals surface area contributed by atoms with Crippen molar-refractivity contribution >= 4 is 23.6 Å². The summed E-state index contributed by atoms with van der Waals surface area (Å²) in [4.78, 5) is 27.6. The minimum Gasteiger partial charge on any atom is -0.345 e. The monoisotopic (exact) mass is 352 g/mol. The molecule has 0 fully saturated rings. The number of hydrogen-bond donors (Lipinski definition) is 2. The molecule has 130 valence electrons. The van der Waals surface area contributed by atoms with Gasteiger partial charge in [0.25, 0.3) is 0 Å². The first-order valence-electron chi connectivity index (χ1n) is 7.35. The Balaban J connectivity index is 1.92. The first-order chi connectivity index (χ1) is 11.5. The molecule has 0 saturated carbocycles. The molecule has 9 nitrogen and oxygen atoms in total. The molecule has 2 rings (SSSR count). The zero-order valence-electron chi connectivity index (χ0n) is 13.8. The fourth-order valence-corrected chi connectivity index (χ4v) is 2.49. The second-order valence-electron chi connectivity index (χ2n) is 5.17. The Morgan fingerprint density at radius 1 is 1.46 bits per heavy atom. The summed E-state index contributed by atoms with van der Waals surface area (Å²) in [6.45, 7) is 1.49. The van der Waals surface area contributed by atoms with E-state index < -0.39 is 6.04 Å². The first-order valence-corrected chi connectivity index (χ1v) is 8.74. The Bertz CT molecular complexity index is 698. The summed E-state index contributed by atoms with van der Waals surface area (Å²) in [5, 5.41) is 13.2. The summed E-state index contributed by atoms with van der Waals surface area (Å²) in [6, 6.07) is -0.573. The first kappa shape index (κ1) is 18.0. The van der Waals surface area contributed by atoms with Crippen molar-refractivity contribution in [2.75, 3.05) is 12.0 Å². The highest BCUT2D eigenvalue weighted by atomic mass is 32.2. The molecule has 0 radical (unpaired) electrons. The van der Waals surface area contributed by atoms with Gasteiger partial charge in [0.2, 0.25) is 23.5 Å². The smallest absolute Gasteiger partial charge is 0.246 e. The molecule has 0 aliphatic carbocycles. The van der Waals surface area contributed by atoms with Crippen molar-refractivity contribution in [2.24, 2.45) is 7.05 Å². The molecule has 2 aromatic rings. The molecule has 0 aliphatic heterocycles. The van der Waals surface area contributed by atoms with Crippen molar-refractivity contribution in [3.05, 3.63) is 18.3 Å². The molecule has 2 aromatic heterocycles. The van der Waals surface area contributed by atoms with E-state index >= 15 is 0 Å². The summed E-state index contributed by atoms with van der Waals surface area (Å²) in [7, 11) is 1.79. The molecule has 10 heteroatoms. The van der Waals surface area contributed by atoms with Gasteiger partial charge < -0.3 is 15.2 Å². The van der Waals surface area contributed by atoms with E-state index in [0.717, 1.165) is 11.3 Å². The van der Waals surface area contributed by atoms with Crippen LogP contribution in [0.25, 0.3) is 11.4 Å². The maximum absolute atomic E-state index is 12.2. The van der Waals surface area contributed by atoms with Gasteiger partial charge in [-0.15, -0.1) is 0 Å². The molecule has 0 aromatic carbocycles. The van der Waals surface area contributed by atoms with Crippen LogP contribution in [0, 0.1) is 0 Å². The number of thioether (sulfide) groups is 1. The number of aryl methyl sites for hydroxylation is 1. The van der Waals surface area contributed by atoms with Crippen LogP contribution in [0.15, 0.2) is 16.9 Å². The Morgan fingerprint density at radius 3 is 2.88 bits per heavy atom. The normalized spacial score (nSPS) is 12.0. The van der Waals surface area contributed by atoms with Gasteiger partial charge in [-0.1, -0.05) is 5.16 Å². The number of nitrogens with zero attached hydrogens (tertiary/aromatic N) is 4. The molecular formula is C14H20N6O3S. The summed E-state index contributed by atoms with van der Waals surface area (Å²) in [5.41, 5.74) is 0.731. The van der Waals surface area contributed by atoms with E-state index in [9.17, 15) is 9.59 Å². The lowest BCUT2D eigenvalue weighted by atomic mass is 10.2. The van der Waals surface area contributed by atoms with E-state index in [2.05, 4.69) is 25.9 Å². The van der Waals surface area contributed by atoms with Crippen molar-refractivity contribution in [3.8, 4) is 11.4 Å². The average Bonchev–Trinajstić information content (AvgIpc) is 3.17. The number of aromatic nitrogens is 4. The minimum atomic E-state index is -0.573. The number of carbonyl (C=O) groups is 2. The number of rotatable bonds is 8. The van der Waals surface area contributed by atoms with Crippen molar-refractivity contribution in [1.82, 2.24) is 30.6 Å². The van der Waals surface area contributed by atoms with Crippen molar-refractivity contribution in [3.63, 3.8) is 0 Å². The summed E-state index contributed by atoms with van der Waals surface area (Å²) in [6.07, 6.45) is 5.89. The van der Waals surface area contributed by atoms with Gasteiger partial charge in [-0.3, -0.25) is 14.3 Å². The van der Waals surface area contributed by atoms with Crippen LogP contribution in [0.1, 0.15) is 19.2 Å². The maximum Gasteiger partial charge on any atom is 0.246 e. The van der Waals surface area contributed by atoms with E-state index in [4.69, 9.17) is 4.52 Å². The molecule has 2 heterocycles. The summed E-state index contributed by atoms with van der Waals surface area (Å²) in [5.74, 6) is 0.944. The van der Waals surface area contributed by atoms with Gasteiger partial charge in [0.15, 0.2) is 0 Å². The quantitative estimate of drug-likeness (QED) is 0.704. The van der Waals surface area contributed by atoms with Gasteiger partial charge in [0.05, 0.1) is 18.3 Å².